The molecule has 8 nitrogen and oxygen atoms in total. The van der Waals surface area contributed by atoms with Gasteiger partial charge in [-0.1, -0.05) is 17.7 Å². The monoisotopic (exact) mass is 446 g/mol. The smallest absolute Gasteiger partial charge is 0.254 e. The molecule has 3 rings (SSSR count). The molecule has 0 spiro atoms. The molecule has 1 fully saturated rings. The molecular weight excluding hydrogens is 423 g/mol. The van der Waals surface area contributed by atoms with Gasteiger partial charge in [0.25, 0.3) is 5.91 Å². The quantitative estimate of drug-likeness (QED) is 0.635. The molecule has 2 amide bonds. The van der Waals surface area contributed by atoms with E-state index in [9.17, 15) is 14.0 Å². The van der Waals surface area contributed by atoms with Gasteiger partial charge in [-0.05, 0) is 38.7 Å². The summed E-state index contributed by atoms with van der Waals surface area (Å²) in [5.41, 5.74) is 0.249. The average Bonchev–Trinajstić information content (AvgIpc) is 3.19. The van der Waals surface area contributed by atoms with Crippen molar-refractivity contribution in [3.05, 3.63) is 59.1 Å². The molecule has 1 saturated heterocycles. The van der Waals surface area contributed by atoms with Crippen LogP contribution in [0.3, 0.4) is 0 Å². The van der Waals surface area contributed by atoms with Crippen molar-refractivity contribution in [2.24, 2.45) is 0 Å². The van der Waals surface area contributed by atoms with Gasteiger partial charge in [0.05, 0.1) is 23.1 Å². The normalized spacial score (nSPS) is 16.2. The van der Waals surface area contributed by atoms with Gasteiger partial charge in [-0.2, -0.15) is 0 Å². The molecule has 0 radical (unpaired) electrons. The second-order valence-corrected chi connectivity index (χ2v) is 7.89. The molecule has 164 valence electrons. The van der Waals surface area contributed by atoms with Crippen LogP contribution in [0.25, 0.3) is 0 Å². The Morgan fingerprint density at radius 3 is 2.74 bits per heavy atom. The van der Waals surface area contributed by atoms with Crippen molar-refractivity contribution in [1.29, 1.82) is 0 Å². The van der Waals surface area contributed by atoms with Crippen molar-refractivity contribution >= 4 is 35.1 Å². The van der Waals surface area contributed by atoms with E-state index in [1.165, 1.54) is 30.6 Å². The van der Waals surface area contributed by atoms with Crippen LogP contribution < -0.4 is 10.6 Å². The fraction of sp³-hybridized carbons (Fsp3) is 0.333. The molecular formula is C21H24ClFN6O2. The zero-order valence-electron chi connectivity index (χ0n) is 17.3. The summed E-state index contributed by atoms with van der Waals surface area (Å²) in [5.74, 6) is -0.931. The zero-order chi connectivity index (χ0) is 22.4. The number of benzene rings is 1. The predicted octanol–water partition coefficient (Wildman–Crippen LogP) is 2.65. The van der Waals surface area contributed by atoms with Gasteiger partial charge in [0.2, 0.25) is 11.9 Å². The number of rotatable bonds is 7. The minimum Gasteiger partial charge on any atom is -0.350 e. The van der Waals surface area contributed by atoms with Gasteiger partial charge >= 0.3 is 0 Å². The number of aromatic nitrogens is 2. The number of nitrogens with one attached hydrogen (secondary N) is 2. The van der Waals surface area contributed by atoms with Crippen LogP contribution in [-0.4, -0.2) is 71.4 Å². The molecule has 0 saturated carbocycles. The summed E-state index contributed by atoms with van der Waals surface area (Å²) in [7, 11) is 3.75. The minimum absolute atomic E-state index is 0.0116. The Bertz CT molecular complexity index is 967. The number of halogens is 2. The third-order valence-electron chi connectivity index (χ3n) is 4.64. The molecule has 1 aliphatic rings. The zero-order valence-corrected chi connectivity index (χ0v) is 18.1. The number of hydrogen-bond acceptors (Lipinski definition) is 6. The Hall–Kier alpha value is -3.04. The maximum atomic E-state index is 14.4. The van der Waals surface area contributed by atoms with Crippen LogP contribution in [0.1, 0.15) is 16.8 Å². The van der Waals surface area contributed by atoms with Gasteiger partial charge in [0, 0.05) is 37.3 Å². The first kappa shape index (κ1) is 22.6. The summed E-state index contributed by atoms with van der Waals surface area (Å²) in [6, 6.07) is 4.04. The van der Waals surface area contributed by atoms with Gasteiger partial charge in [-0.25, -0.2) is 14.4 Å². The van der Waals surface area contributed by atoms with E-state index >= 15 is 0 Å². The molecule has 10 heteroatoms. The summed E-state index contributed by atoms with van der Waals surface area (Å²) in [6.45, 7) is 1.57. The number of anilines is 2. The first-order valence-electron chi connectivity index (χ1n) is 9.77. The van der Waals surface area contributed by atoms with E-state index in [0.717, 1.165) is 6.07 Å². The highest BCUT2D eigenvalue weighted by molar-refractivity contribution is 6.30. The van der Waals surface area contributed by atoms with E-state index < -0.39 is 11.7 Å². The third-order valence-corrected chi connectivity index (χ3v) is 4.84. The van der Waals surface area contributed by atoms with Gasteiger partial charge in [0.15, 0.2) is 0 Å². The second kappa shape index (κ2) is 10.3. The molecule has 1 aromatic heterocycles. The van der Waals surface area contributed by atoms with Crippen LogP contribution in [0.5, 0.6) is 0 Å². The number of amides is 2. The Labute approximate surface area is 185 Å². The van der Waals surface area contributed by atoms with E-state index in [1.54, 1.807) is 11.0 Å². The van der Waals surface area contributed by atoms with Crippen molar-refractivity contribution in [1.82, 2.24) is 19.8 Å². The molecule has 31 heavy (non-hydrogen) atoms. The van der Waals surface area contributed by atoms with Crippen LogP contribution >= 0.6 is 11.6 Å². The summed E-state index contributed by atoms with van der Waals surface area (Å²) in [6.07, 6.45) is 6.73. The summed E-state index contributed by atoms with van der Waals surface area (Å²) in [5, 5.41) is 6.09. The van der Waals surface area contributed by atoms with Gasteiger partial charge in [0.1, 0.15) is 5.82 Å². The average molecular weight is 447 g/mol. The number of nitrogens with zero attached hydrogens (tertiary/aromatic N) is 4. The van der Waals surface area contributed by atoms with E-state index in [2.05, 4.69) is 20.6 Å². The molecule has 0 aliphatic carbocycles. The van der Waals surface area contributed by atoms with Crippen molar-refractivity contribution in [2.75, 3.05) is 44.4 Å². The molecule has 2 heterocycles. The fourth-order valence-electron chi connectivity index (χ4n) is 3.11. The number of carbonyl (C=O) groups excluding carboxylic acids is 2. The number of likely N-dealkylation sites (N-methyl/N-ethyl adjacent to an activating group) is 1. The SMILES string of the molecule is CN(C)C/C=C/C(=O)Nc1ccc(C(=O)N2CC[C@@H](Nc3ncc(Cl)cn3)C2)cc1F. The van der Waals surface area contributed by atoms with Gasteiger partial charge in [-0.15, -0.1) is 0 Å². The fourth-order valence-corrected chi connectivity index (χ4v) is 3.21. The molecule has 1 aromatic carbocycles. The molecule has 2 N–H and O–H groups in total. The third kappa shape index (κ3) is 6.47. The van der Waals surface area contributed by atoms with Gasteiger partial charge < -0.3 is 20.4 Å². The number of likely N-dealkylation sites (tertiary alicyclic amines) is 1. The molecule has 2 aromatic rings. The summed E-state index contributed by atoms with van der Waals surface area (Å²) < 4.78 is 14.4. The number of hydrogen-bond donors (Lipinski definition) is 2. The standard InChI is InChI=1S/C21H24ClFN6O2/c1-28(2)8-3-4-19(30)27-18-6-5-14(10-17(18)23)20(31)29-9-7-16(13-29)26-21-24-11-15(22)12-25-21/h3-6,10-12,16H,7-9,13H2,1-2H3,(H,27,30)(H,24,25,26)/b4-3+/t16-/m1/s1. The topological polar surface area (TPSA) is 90.5 Å². The van der Waals surface area contributed by atoms with Gasteiger partial charge in [-0.3, -0.25) is 9.59 Å². The van der Waals surface area contributed by atoms with Crippen LogP contribution in [0, 0.1) is 5.82 Å². The van der Waals surface area contributed by atoms with E-state index in [-0.39, 0.29) is 23.2 Å². The van der Waals surface area contributed by atoms with E-state index in [0.29, 0.717) is 37.0 Å². The van der Waals surface area contributed by atoms with E-state index in [1.807, 2.05) is 19.0 Å². The van der Waals surface area contributed by atoms with Crippen LogP contribution in [0.2, 0.25) is 5.02 Å². The lowest BCUT2D eigenvalue weighted by Gasteiger charge is -2.17. The maximum absolute atomic E-state index is 14.4. The number of carbonyl (C=O) groups is 2. The summed E-state index contributed by atoms with van der Waals surface area (Å²) in [4.78, 5) is 36.4. The van der Waals surface area contributed by atoms with Crippen LogP contribution in [0.15, 0.2) is 42.7 Å². The Balaban J connectivity index is 1.57. The van der Waals surface area contributed by atoms with Crippen LogP contribution in [0.4, 0.5) is 16.0 Å². The first-order chi connectivity index (χ1) is 14.8. The second-order valence-electron chi connectivity index (χ2n) is 7.45. The minimum atomic E-state index is -0.663. The van der Waals surface area contributed by atoms with Crippen molar-refractivity contribution in [3.63, 3.8) is 0 Å². The predicted molar refractivity (Wildman–Crippen MR) is 118 cm³/mol. The Kier molecular flexibility index (Phi) is 7.54. The van der Waals surface area contributed by atoms with Crippen LogP contribution in [-0.2, 0) is 4.79 Å². The molecule has 0 unspecified atom stereocenters. The van der Waals surface area contributed by atoms with Crippen molar-refractivity contribution < 1.29 is 14.0 Å². The first-order valence-corrected chi connectivity index (χ1v) is 10.1. The highest BCUT2D eigenvalue weighted by atomic mass is 35.5. The summed E-state index contributed by atoms with van der Waals surface area (Å²) >= 11 is 5.78. The maximum Gasteiger partial charge on any atom is 0.254 e. The molecule has 1 atom stereocenters. The molecule has 0 bridgehead atoms. The van der Waals surface area contributed by atoms with Crippen molar-refractivity contribution in [3.8, 4) is 0 Å². The largest absolute Gasteiger partial charge is 0.350 e. The van der Waals surface area contributed by atoms with E-state index in [4.69, 9.17) is 11.6 Å². The van der Waals surface area contributed by atoms with Crippen molar-refractivity contribution in [2.45, 2.75) is 12.5 Å². The highest BCUT2D eigenvalue weighted by Gasteiger charge is 2.27. The lowest BCUT2D eigenvalue weighted by molar-refractivity contribution is -0.111. The Morgan fingerprint density at radius 2 is 2.06 bits per heavy atom. The lowest BCUT2D eigenvalue weighted by Crippen LogP contribution is -2.32. The lowest BCUT2D eigenvalue weighted by atomic mass is 10.1. The highest BCUT2D eigenvalue weighted by Crippen LogP contribution is 2.20. The Morgan fingerprint density at radius 1 is 1.32 bits per heavy atom. The molecule has 1 aliphatic heterocycles.